The van der Waals surface area contributed by atoms with Crippen molar-refractivity contribution in [2.75, 3.05) is 17.2 Å². The number of hydrogen-bond donors (Lipinski definition) is 3. The van der Waals surface area contributed by atoms with Crippen LogP contribution in [-0.4, -0.2) is 24.4 Å². The molecule has 21 heavy (non-hydrogen) atoms. The van der Waals surface area contributed by atoms with E-state index in [1.54, 1.807) is 12.1 Å². The van der Waals surface area contributed by atoms with Crippen LogP contribution >= 0.6 is 0 Å². The molecular weight excluding hydrogens is 266 g/mol. The molecule has 1 aromatic carbocycles. The van der Waals surface area contributed by atoms with E-state index >= 15 is 0 Å². The van der Waals surface area contributed by atoms with Gasteiger partial charge in [0, 0.05) is 18.3 Å². The molecular formula is C16H21N3O2. The summed E-state index contributed by atoms with van der Waals surface area (Å²) in [6.07, 6.45) is 3.64. The topological polar surface area (TPSA) is 70.2 Å². The molecule has 112 valence electrons. The monoisotopic (exact) mass is 287 g/mol. The van der Waals surface area contributed by atoms with Crippen LogP contribution in [0.5, 0.6) is 0 Å². The highest BCUT2D eigenvalue weighted by Gasteiger charge is 2.42. The van der Waals surface area contributed by atoms with Crippen LogP contribution < -0.4 is 16.0 Å². The maximum atomic E-state index is 12.4. The van der Waals surface area contributed by atoms with Gasteiger partial charge in [-0.15, -0.1) is 0 Å². The van der Waals surface area contributed by atoms with E-state index in [4.69, 9.17) is 0 Å². The van der Waals surface area contributed by atoms with Crippen LogP contribution in [0.3, 0.4) is 0 Å². The number of hydrogen-bond acceptors (Lipinski definition) is 3. The van der Waals surface area contributed by atoms with Crippen LogP contribution in [-0.2, 0) is 9.59 Å². The molecule has 1 aliphatic heterocycles. The van der Waals surface area contributed by atoms with Crippen LogP contribution in [0.4, 0.5) is 11.4 Å². The minimum Gasteiger partial charge on any atom is -0.326 e. The van der Waals surface area contributed by atoms with Gasteiger partial charge >= 0.3 is 0 Å². The largest absolute Gasteiger partial charge is 0.326 e. The summed E-state index contributed by atoms with van der Waals surface area (Å²) in [6, 6.07) is 7.14. The van der Waals surface area contributed by atoms with Gasteiger partial charge in [0.1, 0.15) is 0 Å². The molecule has 5 heteroatoms. The van der Waals surface area contributed by atoms with Gasteiger partial charge in [0.05, 0.1) is 6.04 Å². The SMILES string of the molecule is CC(=O)Nc1ccc(NC(=O)C2NCC3CCCC32)cc1. The van der Waals surface area contributed by atoms with Crippen molar-refractivity contribution >= 4 is 23.2 Å². The van der Waals surface area contributed by atoms with E-state index in [1.165, 1.54) is 19.8 Å². The van der Waals surface area contributed by atoms with E-state index < -0.39 is 0 Å². The fraction of sp³-hybridized carbons (Fsp3) is 0.500. The summed E-state index contributed by atoms with van der Waals surface area (Å²) < 4.78 is 0. The first kappa shape index (κ1) is 14.1. The molecule has 1 saturated carbocycles. The third-order valence-corrected chi connectivity index (χ3v) is 4.50. The zero-order chi connectivity index (χ0) is 14.8. The van der Waals surface area contributed by atoms with Gasteiger partial charge in [-0.1, -0.05) is 6.42 Å². The van der Waals surface area contributed by atoms with E-state index in [1.807, 2.05) is 12.1 Å². The summed E-state index contributed by atoms with van der Waals surface area (Å²) in [7, 11) is 0. The Morgan fingerprint density at radius 2 is 1.76 bits per heavy atom. The highest BCUT2D eigenvalue weighted by atomic mass is 16.2. The van der Waals surface area contributed by atoms with Gasteiger partial charge in [-0.2, -0.15) is 0 Å². The first-order valence-corrected chi connectivity index (χ1v) is 7.55. The predicted octanol–water partition coefficient (Wildman–Crippen LogP) is 1.97. The van der Waals surface area contributed by atoms with Gasteiger partial charge < -0.3 is 16.0 Å². The molecule has 2 aliphatic rings. The number of benzene rings is 1. The molecule has 0 bridgehead atoms. The molecule has 1 saturated heterocycles. The molecule has 0 radical (unpaired) electrons. The zero-order valence-electron chi connectivity index (χ0n) is 12.2. The number of carbonyl (C=O) groups is 2. The molecule has 1 aromatic rings. The lowest BCUT2D eigenvalue weighted by molar-refractivity contribution is -0.118. The van der Waals surface area contributed by atoms with Crippen molar-refractivity contribution in [1.82, 2.24) is 5.32 Å². The van der Waals surface area contributed by atoms with E-state index in [-0.39, 0.29) is 17.9 Å². The maximum Gasteiger partial charge on any atom is 0.241 e. The third-order valence-electron chi connectivity index (χ3n) is 4.50. The standard InChI is InChI=1S/C16H21N3O2/c1-10(20)18-12-5-7-13(8-6-12)19-16(21)15-14-4-2-3-11(14)9-17-15/h5-8,11,14-15,17H,2-4,9H2,1H3,(H,18,20)(H,19,21). The summed E-state index contributed by atoms with van der Waals surface area (Å²) in [4.78, 5) is 23.3. The van der Waals surface area contributed by atoms with Crippen molar-refractivity contribution in [3.63, 3.8) is 0 Å². The van der Waals surface area contributed by atoms with Gasteiger partial charge in [0.2, 0.25) is 11.8 Å². The van der Waals surface area contributed by atoms with Crippen LogP contribution in [0.2, 0.25) is 0 Å². The Morgan fingerprint density at radius 3 is 2.43 bits per heavy atom. The molecule has 2 amide bonds. The van der Waals surface area contributed by atoms with Crippen molar-refractivity contribution in [3.05, 3.63) is 24.3 Å². The molecule has 2 fully saturated rings. The van der Waals surface area contributed by atoms with Gasteiger partial charge in [-0.05, 0) is 55.5 Å². The van der Waals surface area contributed by atoms with Gasteiger partial charge in [0.25, 0.3) is 0 Å². The van der Waals surface area contributed by atoms with Crippen LogP contribution in [0.25, 0.3) is 0 Å². The Labute approximate surface area is 124 Å². The lowest BCUT2D eigenvalue weighted by Gasteiger charge is -2.17. The van der Waals surface area contributed by atoms with E-state index in [9.17, 15) is 9.59 Å². The van der Waals surface area contributed by atoms with E-state index in [2.05, 4.69) is 16.0 Å². The quantitative estimate of drug-likeness (QED) is 0.796. The molecule has 3 rings (SSSR count). The normalized spacial score (nSPS) is 27.2. The number of rotatable bonds is 3. The lowest BCUT2D eigenvalue weighted by Crippen LogP contribution is -2.39. The summed E-state index contributed by atoms with van der Waals surface area (Å²) >= 11 is 0. The van der Waals surface area contributed by atoms with Crippen molar-refractivity contribution in [1.29, 1.82) is 0 Å². The molecule has 0 spiro atoms. The molecule has 0 aromatic heterocycles. The molecule has 3 atom stereocenters. The summed E-state index contributed by atoms with van der Waals surface area (Å²) in [6.45, 7) is 2.43. The Balaban J connectivity index is 1.61. The molecule has 3 N–H and O–H groups in total. The Kier molecular flexibility index (Phi) is 3.92. The number of nitrogens with one attached hydrogen (secondary N) is 3. The Hall–Kier alpha value is -1.88. The average Bonchev–Trinajstić information content (AvgIpc) is 3.02. The highest BCUT2D eigenvalue weighted by Crippen LogP contribution is 2.37. The third kappa shape index (κ3) is 3.08. The van der Waals surface area contributed by atoms with Crippen LogP contribution in [0.1, 0.15) is 26.2 Å². The number of carbonyl (C=O) groups excluding carboxylic acids is 2. The molecule has 5 nitrogen and oxygen atoms in total. The fourth-order valence-corrected chi connectivity index (χ4v) is 3.53. The number of fused-ring (bicyclic) bond motifs is 1. The summed E-state index contributed by atoms with van der Waals surface area (Å²) in [5.74, 6) is 1.11. The van der Waals surface area contributed by atoms with Crippen molar-refractivity contribution in [2.24, 2.45) is 11.8 Å². The predicted molar refractivity (Wildman–Crippen MR) is 82.0 cm³/mol. The fourth-order valence-electron chi connectivity index (χ4n) is 3.53. The van der Waals surface area contributed by atoms with Crippen molar-refractivity contribution in [2.45, 2.75) is 32.2 Å². The second kappa shape index (κ2) is 5.85. The lowest BCUT2D eigenvalue weighted by atomic mass is 9.93. The minimum absolute atomic E-state index is 0.0525. The first-order chi connectivity index (χ1) is 10.1. The number of amides is 2. The van der Waals surface area contributed by atoms with Crippen LogP contribution in [0, 0.1) is 11.8 Å². The Bertz CT molecular complexity index is 541. The Morgan fingerprint density at radius 1 is 1.10 bits per heavy atom. The first-order valence-electron chi connectivity index (χ1n) is 7.55. The van der Waals surface area contributed by atoms with Gasteiger partial charge in [0.15, 0.2) is 0 Å². The second-order valence-electron chi connectivity index (χ2n) is 5.99. The average molecular weight is 287 g/mol. The van der Waals surface area contributed by atoms with Gasteiger partial charge in [-0.3, -0.25) is 9.59 Å². The van der Waals surface area contributed by atoms with Crippen molar-refractivity contribution in [3.8, 4) is 0 Å². The highest BCUT2D eigenvalue weighted by molar-refractivity contribution is 5.96. The molecule has 1 aliphatic carbocycles. The smallest absolute Gasteiger partial charge is 0.241 e. The second-order valence-corrected chi connectivity index (χ2v) is 5.99. The number of anilines is 2. The summed E-state index contributed by atoms with van der Waals surface area (Å²) in [5, 5.41) is 9.02. The zero-order valence-corrected chi connectivity index (χ0v) is 12.2. The van der Waals surface area contributed by atoms with Gasteiger partial charge in [-0.25, -0.2) is 0 Å². The minimum atomic E-state index is -0.103. The molecule has 1 heterocycles. The molecule has 3 unspecified atom stereocenters. The summed E-state index contributed by atoms with van der Waals surface area (Å²) in [5.41, 5.74) is 1.49. The van der Waals surface area contributed by atoms with E-state index in [0.29, 0.717) is 11.8 Å². The van der Waals surface area contributed by atoms with E-state index in [0.717, 1.165) is 24.3 Å². The van der Waals surface area contributed by atoms with Crippen molar-refractivity contribution < 1.29 is 9.59 Å². The van der Waals surface area contributed by atoms with Crippen LogP contribution in [0.15, 0.2) is 24.3 Å². The maximum absolute atomic E-state index is 12.4.